The van der Waals surface area contributed by atoms with E-state index in [1.54, 1.807) is 12.1 Å². The van der Waals surface area contributed by atoms with E-state index in [1.807, 2.05) is 56.7 Å². The smallest absolute Gasteiger partial charge is 0.329 e. The molecule has 0 bridgehead atoms. The number of carbonyl (C=O) groups excluding carboxylic acids is 3. The molecule has 1 aliphatic heterocycles. The molecule has 1 aromatic carbocycles. The Bertz CT molecular complexity index is 972. The van der Waals surface area contributed by atoms with Crippen molar-refractivity contribution < 1.29 is 14.4 Å². The fourth-order valence-corrected chi connectivity index (χ4v) is 2.97. The van der Waals surface area contributed by atoms with Crippen molar-refractivity contribution in [3.05, 3.63) is 58.5 Å². The Hall–Kier alpha value is -3.35. The average molecular weight is 366 g/mol. The molecular formula is C20H22N4O3. The van der Waals surface area contributed by atoms with Crippen LogP contribution in [0.4, 0.5) is 10.5 Å². The van der Waals surface area contributed by atoms with Gasteiger partial charge in [0, 0.05) is 24.1 Å². The van der Waals surface area contributed by atoms with Gasteiger partial charge in [-0.2, -0.15) is 0 Å². The van der Waals surface area contributed by atoms with Gasteiger partial charge in [0.25, 0.3) is 5.91 Å². The maximum Gasteiger partial charge on any atom is 0.329 e. The summed E-state index contributed by atoms with van der Waals surface area (Å²) in [6.07, 6.45) is 1.64. The van der Waals surface area contributed by atoms with Gasteiger partial charge in [0.2, 0.25) is 5.91 Å². The summed E-state index contributed by atoms with van der Waals surface area (Å²) in [7, 11) is 1.93. The van der Waals surface area contributed by atoms with Crippen molar-refractivity contribution in [3.63, 3.8) is 0 Å². The van der Waals surface area contributed by atoms with Crippen molar-refractivity contribution in [3.8, 4) is 0 Å². The van der Waals surface area contributed by atoms with Crippen molar-refractivity contribution in [2.45, 2.75) is 20.8 Å². The summed E-state index contributed by atoms with van der Waals surface area (Å²) >= 11 is 0. The molecular weight excluding hydrogens is 344 g/mol. The summed E-state index contributed by atoms with van der Waals surface area (Å²) in [5.41, 5.74) is 4.67. The number of nitrogens with zero attached hydrogens (tertiary/aromatic N) is 2. The van der Waals surface area contributed by atoms with E-state index in [1.165, 1.54) is 0 Å². The fourth-order valence-electron chi connectivity index (χ4n) is 2.97. The molecule has 0 radical (unpaired) electrons. The van der Waals surface area contributed by atoms with Crippen molar-refractivity contribution in [2.24, 2.45) is 7.05 Å². The molecule has 140 valence electrons. The molecule has 2 aromatic rings. The lowest BCUT2D eigenvalue weighted by Gasteiger charge is -2.12. The first kappa shape index (κ1) is 18.4. The molecule has 0 spiro atoms. The Labute approximate surface area is 157 Å². The van der Waals surface area contributed by atoms with Crippen LogP contribution in [0.3, 0.4) is 0 Å². The largest absolute Gasteiger partial charge is 0.352 e. The van der Waals surface area contributed by atoms with E-state index >= 15 is 0 Å². The van der Waals surface area contributed by atoms with Gasteiger partial charge in [-0.15, -0.1) is 0 Å². The standard InChI is InChI=1S/C20H22N4O3/c1-12-6-5-7-16(8-12)21-18(25)11-24-19(26)17(22-20(24)27)10-15-9-13(2)23(4)14(15)3/h5-10H,11H2,1-4H3,(H,21,25)(H,22,27)/b17-10-. The lowest BCUT2D eigenvalue weighted by atomic mass is 10.2. The highest BCUT2D eigenvalue weighted by atomic mass is 16.2. The first-order chi connectivity index (χ1) is 12.8. The van der Waals surface area contributed by atoms with Crippen molar-refractivity contribution in [1.82, 2.24) is 14.8 Å². The third kappa shape index (κ3) is 3.76. The lowest BCUT2D eigenvalue weighted by Crippen LogP contribution is -2.38. The summed E-state index contributed by atoms with van der Waals surface area (Å²) in [6, 6.07) is 8.64. The number of nitrogens with one attached hydrogen (secondary N) is 2. The highest BCUT2D eigenvalue weighted by molar-refractivity contribution is 6.16. The average Bonchev–Trinajstić information content (AvgIpc) is 3.00. The zero-order valence-corrected chi connectivity index (χ0v) is 15.8. The molecule has 1 aromatic heterocycles. The highest BCUT2D eigenvalue weighted by Gasteiger charge is 2.35. The Morgan fingerprint density at radius 3 is 2.56 bits per heavy atom. The van der Waals surface area contributed by atoms with E-state index in [-0.39, 0.29) is 12.2 Å². The van der Waals surface area contributed by atoms with Crippen LogP contribution < -0.4 is 10.6 Å². The van der Waals surface area contributed by atoms with Gasteiger partial charge in [0.05, 0.1) is 0 Å². The normalized spacial score (nSPS) is 15.4. The Balaban J connectivity index is 1.73. The van der Waals surface area contributed by atoms with E-state index in [2.05, 4.69) is 10.6 Å². The second-order valence-electron chi connectivity index (χ2n) is 6.68. The first-order valence-electron chi connectivity index (χ1n) is 8.60. The van der Waals surface area contributed by atoms with Gasteiger partial charge >= 0.3 is 6.03 Å². The molecule has 27 heavy (non-hydrogen) atoms. The van der Waals surface area contributed by atoms with E-state index < -0.39 is 17.8 Å². The van der Waals surface area contributed by atoms with Gasteiger partial charge in [-0.25, -0.2) is 9.69 Å². The SMILES string of the molecule is Cc1cccc(NC(=O)CN2C(=O)N/C(=C\c3cc(C)n(C)c3C)C2=O)c1. The van der Waals surface area contributed by atoms with Crippen LogP contribution in [-0.4, -0.2) is 33.9 Å². The number of aromatic nitrogens is 1. The molecule has 3 rings (SSSR count). The molecule has 1 saturated heterocycles. The van der Waals surface area contributed by atoms with Gasteiger partial charge in [-0.1, -0.05) is 12.1 Å². The number of urea groups is 1. The van der Waals surface area contributed by atoms with Crippen LogP contribution in [0.25, 0.3) is 6.08 Å². The maximum atomic E-state index is 12.6. The fraction of sp³-hybridized carbons (Fsp3) is 0.250. The molecule has 1 fully saturated rings. The Morgan fingerprint density at radius 2 is 1.93 bits per heavy atom. The van der Waals surface area contributed by atoms with Crippen LogP contribution in [0.2, 0.25) is 0 Å². The Morgan fingerprint density at radius 1 is 1.19 bits per heavy atom. The van der Waals surface area contributed by atoms with Crippen LogP contribution in [0.5, 0.6) is 0 Å². The first-order valence-corrected chi connectivity index (χ1v) is 8.60. The van der Waals surface area contributed by atoms with Crippen LogP contribution in [0.1, 0.15) is 22.5 Å². The summed E-state index contributed by atoms with van der Waals surface area (Å²) < 4.78 is 2.00. The molecule has 0 unspecified atom stereocenters. The molecule has 2 N–H and O–H groups in total. The number of imide groups is 1. The Kier molecular flexibility index (Phi) is 4.85. The van der Waals surface area contributed by atoms with Gasteiger partial charge in [0.15, 0.2) is 0 Å². The van der Waals surface area contributed by atoms with Gasteiger partial charge in [0.1, 0.15) is 12.2 Å². The minimum atomic E-state index is -0.601. The van der Waals surface area contributed by atoms with E-state index in [0.29, 0.717) is 5.69 Å². The zero-order valence-electron chi connectivity index (χ0n) is 15.8. The quantitative estimate of drug-likeness (QED) is 0.644. The van der Waals surface area contributed by atoms with Crippen molar-refractivity contribution in [1.29, 1.82) is 0 Å². The molecule has 0 atom stereocenters. The van der Waals surface area contributed by atoms with Crippen LogP contribution >= 0.6 is 0 Å². The number of carbonyl (C=O) groups is 3. The minimum absolute atomic E-state index is 0.164. The third-order valence-corrected chi connectivity index (χ3v) is 4.68. The van der Waals surface area contributed by atoms with Crippen LogP contribution in [0, 0.1) is 20.8 Å². The van der Waals surface area contributed by atoms with Crippen LogP contribution in [-0.2, 0) is 16.6 Å². The third-order valence-electron chi connectivity index (χ3n) is 4.68. The number of aryl methyl sites for hydroxylation is 2. The van der Waals surface area contributed by atoms with E-state index in [9.17, 15) is 14.4 Å². The minimum Gasteiger partial charge on any atom is -0.352 e. The number of amides is 4. The number of rotatable bonds is 4. The van der Waals surface area contributed by atoms with Crippen molar-refractivity contribution in [2.75, 3.05) is 11.9 Å². The molecule has 1 aliphatic rings. The number of hydrogen-bond donors (Lipinski definition) is 2. The van der Waals surface area contributed by atoms with Crippen LogP contribution in [0.15, 0.2) is 36.0 Å². The molecule has 4 amide bonds. The number of benzene rings is 1. The van der Waals surface area contributed by atoms with Gasteiger partial charge in [-0.3, -0.25) is 9.59 Å². The lowest BCUT2D eigenvalue weighted by molar-refractivity contribution is -0.127. The number of hydrogen-bond acceptors (Lipinski definition) is 3. The molecule has 7 nitrogen and oxygen atoms in total. The predicted octanol–water partition coefficient (Wildman–Crippen LogP) is 2.48. The summed E-state index contributed by atoms with van der Waals surface area (Å²) in [6.45, 7) is 5.47. The topological polar surface area (TPSA) is 83.4 Å². The molecule has 0 saturated carbocycles. The van der Waals surface area contributed by atoms with E-state index in [0.717, 1.165) is 27.4 Å². The van der Waals surface area contributed by atoms with Crippen molar-refractivity contribution >= 4 is 29.6 Å². The van der Waals surface area contributed by atoms with Gasteiger partial charge < -0.3 is 15.2 Å². The monoisotopic (exact) mass is 366 g/mol. The summed E-state index contributed by atoms with van der Waals surface area (Å²) in [5.74, 6) is -0.947. The second-order valence-corrected chi connectivity index (χ2v) is 6.68. The molecule has 7 heteroatoms. The van der Waals surface area contributed by atoms with E-state index in [4.69, 9.17) is 0 Å². The predicted molar refractivity (Wildman–Crippen MR) is 103 cm³/mol. The second kappa shape index (κ2) is 7.11. The summed E-state index contributed by atoms with van der Waals surface area (Å²) in [5, 5.41) is 5.25. The molecule has 0 aliphatic carbocycles. The highest BCUT2D eigenvalue weighted by Crippen LogP contribution is 2.19. The molecule has 2 heterocycles. The number of anilines is 1. The zero-order chi connectivity index (χ0) is 19.7. The summed E-state index contributed by atoms with van der Waals surface area (Å²) in [4.78, 5) is 37.8. The van der Waals surface area contributed by atoms with Gasteiger partial charge in [-0.05, 0) is 56.2 Å². The maximum absolute atomic E-state index is 12.6.